The largest absolute Gasteiger partial charge is 0.401 e. The summed E-state index contributed by atoms with van der Waals surface area (Å²) < 4.78 is 40.7. The second-order valence-corrected chi connectivity index (χ2v) is 4.17. The third-order valence-corrected chi connectivity index (χ3v) is 2.48. The summed E-state index contributed by atoms with van der Waals surface area (Å²) in [6.45, 7) is -1.08. The van der Waals surface area contributed by atoms with Gasteiger partial charge in [-0.15, -0.1) is 0 Å². The number of alkyl halides is 3. The molecule has 1 aromatic rings. The molecule has 0 unspecified atom stereocenters. The highest BCUT2D eigenvalue weighted by atomic mass is 19.4. The van der Waals surface area contributed by atoms with Gasteiger partial charge in [0, 0.05) is 12.8 Å². The maximum Gasteiger partial charge on any atom is 0.401 e. The highest BCUT2D eigenvalue weighted by Gasteiger charge is 2.26. The Labute approximate surface area is 115 Å². The van der Waals surface area contributed by atoms with Gasteiger partial charge in [-0.1, -0.05) is 18.2 Å². The Bertz CT molecular complexity index is 436. The van der Waals surface area contributed by atoms with Gasteiger partial charge >= 0.3 is 6.18 Å². The zero-order valence-electron chi connectivity index (χ0n) is 11.1. The summed E-state index contributed by atoms with van der Waals surface area (Å²) in [6.07, 6.45) is -3.71. The van der Waals surface area contributed by atoms with Gasteiger partial charge in [-0.05, 0) is 18.1 Å². The summed E-state index contributed by atoms with van der Waals surface area (Å²) in [7, 11) is 1.57. The summed E-state index contributed by atoms with van der Waals surface area (Å²) in [6, 6.07) is 7.10. The van der Waals surface area contributed by atoms with E-state index in [1.807, 2.05) is 17.4 Å². The lowest BCUT2D eigenvalue weighted by molar-refractivity contribution is -0.126. The van der Waals surface area contributed by atoms with Crippen molar-refractivity contribution < 1.29 is 22.7 Å². The topological polar surface area (TPSA) is 50.4 Å². The summed E-state index contributed by atoms with van der Waals surface area (Å²) in [4.78, 5) is 11.6. The van der Waals surface area contributed by atoms with Gasteiger partial charge in [-0.2, -0.15) is 13.2 Å². The van der Waals surface area contributed by atoms with Crippen LogP contribution in [0.5, 0.6) is 0 Å². The maximum atomic E-state index is 11.9. The van der Waals surface area contributed by atoms with Crippen molar-refractivity contribution in [3.63, 3.8) is 0 Å². The van der Waals surface area contributed by atoms with Crippen LogP contribution in [0.3, 0.4) is 0 Å². The number of halogens is 3. The number of methoxy groups -OCH3 is 1. The van der Waals surface area contributed by atoms with Crippen LogP contribution in [-0.4, -0.2) is 38.9 Å². The quantitative estimate of drug-likeness (QED) is 0.807. The molecule has 1 rings (SSSR count). The Hall–Kier alpha value is -1.60. The fourth-order valence-corrected chi connectivity index (χ4v) is 1.58. The Morgan fingerprint density at radius 3 is 2.65 bits per heavy atom. The number of hydrogen-bond acceptors (Lipinski definition) is 3. The van der Waals surface area contributed by atoms with Crippen molar-refractivity contribution in [3.8, 4) is 0 Å². The molecule has 0 saturated heterocycles. The third kappa shape index (κ3) is 6.53. The van der Waals surface area contributed by atoms with Gasteiger partial charge in [0.1, 0.15) is 0 Å². The fourth-order valence-electron chi connectivity index (χ4n) is 1.58. The zero-order chi connectivity index (χ0) is 15.0. The van der Waals surface area contributed by atoms with Crippen molar-refractivity contribution >= 4 is 11.6 Å². The van der Waals surface area contributed by atoms with Crippen LogP contribution in [0.15, 0.2) is 24.3 Å². The van der Waals surface area contributed by atoms with Crippen LogP contribution in [0.2, 0.25) is 0 Å². The number of hydrogen-bond donors (Lipinski definition) is 2. The molecule has 0 saturated carbocycles. The molecule has 0 bridgehead atoms. The molecule has 2 N–H and O–H groups in total. The Kier molecular flexibility index (Phi) is 6.47. The molecule has 20 heavy (non-hydrogen) atoms. The van der Waals surface area contributed by atoms with Crippen molar-refractivity contribution in [2.24, 2.45) is 0 Å². The average molecular weight is 290 g/mol. The molecule has 0 aromatic heterocycles. The molecule has 0 aliphatic carbocycles. The van der Waals surface area contributed by atoms with Crippen molar-refractivity contribution in [2.45, 2.75) is 12.6 Å². The van der Waals surface area contributed by atoms with Crippen molar-refractivity contribution in [1.29, 1.82) is 0 Å². The van der Waals surface area contributed by atoms with Crippen LogP contribution in [0.25, 0.3) is 0 Å². The smallest absolute Gasteiger partial charge is 0.384 e. The first kappa shape index (κ1) is 16.5. The van der Waals surface area contributed by atoms with Crippen LogP contribution in [0.4, 0.5) is 18.9 Å². The molecule has 7 heteroatoms. The molecule has 0 atom stereocenters. The molecule has 0 radical (unpaired) electrons. The fraction of sp³-hybridized carbons (Fsp3) is 0.462. The first-order chi connectivity index (χ1) is 9.42. The highest BCUT2D eigenvalue weighted by Crippen LogP contribution is 2.15. The Balaban J connectivity index is 2.49. The van der Waals surface area contributed by atoms with Gasteiger partial charge in [-0.25, -0.2) is 0 Å². The van der Waals surface area contributed by atoms with E-state index in [1.165, 1.54) is 0 Å². The van der Waals surface area contributed by atoms with Crippen molar-refractivity contribution in [1.82, 2.24) is 5.32 Å². The molecule has 0 fully saturated rings. The normalized spacial score (nSPS) is 11.4. The predicted molar refractivity (Wildman–Crippen MR) is 69.6 cm³/mol. The van der Waals surface area contributed by atoms with Gasteiger partial charge in [-0.3, -0.25) is 4.79 Å². The molecular weight excluding hydrogens is 273 g/mol. The number of carbonyl (C=O) groups is 1. The summed E-state index contributed by atoms with van der Waals surface area (Å²) >= 11 is 0. The number of rotatable bonds is 7. The minimum atomic E-state index is -4.32. The molecular formula is C13H17F3N2O2. The molecule has 1 aromatic carbocycles. The zero-order valence-corrected chi connectivity index (χ0v) is 11.1. The van der Waals surface area contributed by atoms with Crippen molar-refractivity contribution in [3.05, 3.63) is 29.8 Å². The minimum Gasteiger partial charge on any atom is -0.384 e. The van der Waals surface area contributed by atoms with Gasteiger partial charge in [0.2, 0.25) is 5.91 Å². The van der Waals surface area contributed by atoms with Gasteiger partial charge in [0.25, 0.3) is 0 Å². The van der Waals surface area contributed by atoms with E-state index < -0.39 is 25.2 Å². The number of anilines is 1. The van der Waals surface area contributed by atoms with E-state index >= 15 is 0 Å². The Morgan fingerprint density at radius 2 is 2.00 bits per heavy atom. The highest BCUT2D eigenvalue weighted by molar-refractivity contribution is 5.92. The standard InChI is InChI=1S/C13H17F3N2O2/c1-20-7-6-10-4-2-3-5-11(10)18-12(19)8-17-9-13(14,15)16/h2-5,17H,6-9H2,1H3,(H,18,19). The molecule has 0 aliphatic rings. The van der Waals surface area contributed by atoms with Gasteiger partial charge in [0.15, 0.2) is 0 Å². The molecule has 0 aliphatic heterocycles. The third-order valence-electron chi connectivity index (χ3n) is 2.48. The number of amides is 1. The van der Waals surface area contributed by atoms with E-state index in [0.29, 0.717) is 18.7 Å². The number of carbonyl (C=O) groups excluding carboxylic acids is 1. The molecule has 0 heterocycles. The minimum absolute atomic E-state index is 0.391. The second kappa shape index (κ2) is 7.86. The number of nitrogens with one attached hydrogen (secondary N) is 2. The van der Waals surface area contributed by atoms with Crippen molar-refractivity contribution in [2.75, 3.05) is 32.1 Å². The SMILES string of the molecule is COCCc1ccccc1NC(=O)CNCC(F)(F)F. The average Bonchev–Trinajstić information content (AvgIpc) is 2.36. The summed E-state index contributed by atoms with van der Waals surface area (Å²) in [5, 5.41) is 4.63. The number of ether oxygens (including phenoxy) is 1. The van der Waals surface area contributed by atoms with E-state index in [1.54, 1.807) is 19.2 Å². The maximum absolute atomic E-state index is 11.9. The second-order valence-electron chi connectivity index (χ2n) is 4.17. The van der Waals surface area contributed by atoms with E-state index in [4.69, 9.17) is 4.74 Å². The molecule has 0 spiro atoms. The van der Waals surface area contributed by atoms with E-state index in [9.17, 15) is 18.0 Å². The molecule has 112 valence electrons. The summed E-state index contributed by atoms with van der Waals surface area (Å²) in [5.41, 5.74) is 1.46. The van der Waals surface area contributed by atoms with Crippen LogP contribution in [0.1, 0.15) is 5.56 Å². The van der Waals surface area contributed by atoms with Crippen LogP contribution >= 0.6 is 0 Å². The van der Waals surface area contributed by atoms with Gasteiger partial charge < -0.3 is 15.4 Å². The van der Waals surface area contributed by atoms with Crippen LogP contribution in [-0.2, 0) is 16.0 Å². The first-order valence-corrected chi connectivity index (χ1v) is 6.06. The lowest BCUT2D eigenvalue weighted by atomic mass is 10.1. The van der Waals surface area contributed by atoms with E-state index in [-0.39, 0.29) is 0 Å². The van der Waals surface area contributed by atoms with Gasteiger partial charge in [0.05, 0.1) is 19.7 Å². The lowest BCUT2D eigenvalue weighted by Gasteiger charge is -2.12. The first-order valence-electron chi connectivity index (χ1n) is 6.06. The number of benzene rings is 1. The van der Waals surface area contributed by atoms with Crippen LogP contribution in [0, 0.1) is 0 Å². The Morgan fingerprint density at radius 1 is 1.30 bits per heavy atom. The lowest BCUT2D eigenvalue weighted by Crippen LogP contribution is -2.35. The van der Waals surface area contributed by atoms with Crippen LogP contribution < -0.4 is 10.6 Å². The van der Waals surface area contributed by atoms with E-state index in [0.717, 1.165) is 5.56 Å². The molecule has 4 nitrogen and oxygen atoms in total. The predicted octanol–water partition coefficient (Wildman–Crippen LogP) is 1.97. The number of para-hydroxylation sites is 1. The summed E-state index contributed by atoms with van der Waals surface area (Å²) in [5.74, 6) is -0.515. The monoisotopic (exact) mass is 290 g/mol. The molecule has 1 amide bonds. The van der Waals surface area contributed by atoms with E-state index in [2.05, 4.69) is 5.32 Å².